The molecule has 0 aromatic heterocycles. The van der Waals surface area contributed by atoms with Gasteiger partial charge in [0, 0.05) is 10.9 Å². The molecule has 166 valence electrons. The van der Waals surface area contributed by atoms with Crippen LogP contribution in [-0.2, 0) is 9.53 Å². The maximum atomic E-state index is 12.5. The Balaban J connectivity index is 1.70. The van der Waals surface area contributed by atoms with Crippen molar-refractivity contribution in [3.8, 4) is 5.75 Å². The summed E-state index contributed by atoms with van der Waals surface area (Å²) in [4.78, 5) is 24.4. The number of hydrogen-bond donors (Lipinski definition) is 2. The normalized spacial score (nSPS) is 11.8. The number of ether oxygens (including phenoxy) is 2. The van der Waals surface area contributed by atoms with Crippen molar-refractivity contribution in [2.24, 2.45) is 5.10 Å². The lowest BCUT2D eigenvalue weighted by atomic mass is 10.0. The van der Waals surface area contributed by atoms with Crippen molar-refractivity contribution in [3.63, 3.8) is 0 Å². The van der Waals surface area contributed by atoms with Gasteiger partial charge in [-0.15, -0.1) is 0 Å². The van der Waals surface area contributed by atoms with E-state index in [0.717, 1.165) is 27.6 Å². The first kappa shape index (κ1) is 22.8. The van der Waals surface area contributed by atoms with Gasteiger partial charge in [-0.1, -0.05) is 54.6 Å². The van der Waals surface area contributed by atoms with Crippen molar-refractivity contribution < 1.29 is 19.1 Å². The number of hydrogen-bond acceptors (Lipinski definition) is 5. The molecule has 0 fully saturated rings. The molecule has 3 aromatic rings. The third-order valence-electron chi connectivity index (χ3n) is 4.77. The predicted octanol–water partition coefficient (Wildman–Crippen LogP) is 4.57. The van der Waals surface area contributed by atoms with Gasteiger partial charge in [-0.3, -0.25) is 4.79 Å². The van der Waals surface area contributed by atoms with Gasteiger partial charge in [-0.05, 0) is 36.9 Å². The lowest BCUT2D eigenvalue weighted by Crippen LogP contribution is -2.33. The monoisotopic (exact) mass is 433 g/mol. The predicted molar refractivity (Wildman–Crippen MR) is 125 cm³/mol. The molecule has 0 unspecified atom stereocenters. The molecular formula is C25H27N3O4. The minimum absolute atomic E-state index is 0.0180. The van der Waals surface area contributed by atoms with Crippen LogP contribution in [0.15, 0.2) is 71.8 Å². The Labute approximate surface area is 187 Å². The molecule has 7 heteroatoms. The maximum absolute atomic E-state index is 12.5. The standard InChI is InChI=1S/C25H27N3O4/c1-3-31-23-15-14-19(20-12-8-9-13-21(20)23)17-26-28-24(29)16-22(27-25(30)32-4-2)18-10-6-5-7-11-18/h5-15,17,22H,3-4,16H2,1-2H3,(H,27,30)(H,28,29)/b26-17-/t22-/m1/s1. The van der Waals surface area contributed by atoms with E-state index in [1.54, 1.807) is 13.1 Å². The summed E-state index contributed by atoms with van der Waals surface area (Å²) in [6.45, 7) is 4.50. The minimum atomic E-state index is -0.571. The minimum Gasteiger partial charge on any atom is -0.493 e. The van der Waals surface area contributed by atoms with Gasteiger partial charge in [0.1, 0.15) is 5.75 Å². The van der Waals surface area contributed by atoms with Crippen molar-refractivity contribution in [2.45, 2.75) is 26.3 Å². The second kappa shape index (κ2) is 11.5. The molecule has 0 heterocycles. The summed E-state index contributed by atoms with van der Waals surface area (Å²) < 4.78 is 10.7. The van der Waals surface area contributed by atoms with Crippen molar-refractivity contribution in [1.29, 1.82) is 0 Å². The van der Waals surface area contributed by atoms with E-state index in [-0.39, 0.29) is 18.9 Å². The van der Waals surface area contributed by atoms with Gasteiger partial charge in [-0.25, -0.2) is 10.2 Å². The second-order valence-electron chi connectivity index (χ2n) is 6.96. The number of fused-ring (bicyclic) bond motifs is 1. The summed E-state index contributed by atoms with van der Waals surface area (Å²) in [6, 6.07) is 20.4. The number of rotatable bonds is 9. The Bertz CT molecular complexity index is 1080. The Hall–Kier alpha value is -3.87. The highest BCUT2D eigenvalue weighted by molar-refractivity contribution is 6.02. The first-order chi connectivity index (χ1) is 15.6. The van der Waals surface area contributed by atoms with Crippen LogP contribution >= 0.6 is 0 Å². The third-order valence-corrected chi connectivity index (χ3v) is 4.77. The molecule has 0 saturated carbocycles. The number of carbonyl (C=O) groups is 2. The Morgan fingerprint density at radius 2 is 1.66 bits per heavy atom. The van der Waals surface area contributed by atoms with Gasteiger partial charge in [0.15, 0.2) is 0 Å². The highest BCUT2D eigenvalue weighted by Gasteiger charge is 2.18. The summed E-state index contributed by atoms with van der Waals surface area (Å²) in [7, 11) is 0. The molecule has 3 aromatic carbocycles. The molecule has 32 heavy (non-hydrogen) atoms. The average Bonchev–Trinajstić information content (AvgIpc) is 2.81. The van der Waals surface area contributed by atoms with Gasteiger partial charge in [0.25, 0.3) is 0 Å². The SMILES string of the molecule is CCOC(=O)N[C@H](CC(=O)N/N=C\c1ccc(OCC)c2ccccc12)c1ccccc1. The van der Waals surface area contributed by atoms with Crippen molar-refractivity contribution >= 4 is 29.0 Å². The van der Waals surface area contributed by atoms with Crippen molar-refractivity contribution in [2.75, 3.05) is 13.2 Å². The zero-order valence-electron chi connectivity index (χ0n) is 18.2. The Morgan fingerprint density at radius 3 is 2.38 bits per heavy atom. The first-order valence-electron chi connectivity index (χ1n) is 10.6. The van der Waals surface area contributed by atoms with Gasteiger partial charge in [-0.2, -0.15) is 5.10 Å². The van der Waals surface area contributed by atoms with Gasteiger partial charge in [0.05, 0.1) is 31.9 Å². The van der Waals surface area contributed by atoms with Crippen molar-refractivity contribution in [1.82, 2.24) is 10.7 Å². The molecule has 0 saturated heterocycles. The molecule has 0 bridgehead atoms. The molecule has 1 atom stereocenters. The molecule has 2 amide bonds. The van der Waals surface area contributed by atoms with Crippen LogP contribution in [0.25, 0.3) is 10.8 Å². The number of hydrazone groups is 1. The van der Waals surface area contributed by atoms with Crippen LogP contribution in [0.2, 0.25) is 0 Å². The second-order valence-corrected chi connectivity index (χ2v) is 6.96. The number of nitrogens with zero attached hydrogens (tertiary/aromatic N) is 1. The van der Waals surface area contributed by atoms with Crippen LogP contribution in [0.5, 0.6) is 5.75 Å². The number of alkyl carbamates (subject to hydrolysis) is 1. The molecule has 2 N–H and O–H groups in total. The summed E-state index contributed by atoms with van der Waals surface area (Å²) >= 11 is 0. The number of carbonyl (C=O) groups excluding carboxylic acids is 2. The molecule has 0 aliphatic carbocycles. The van der Waals surface area contributed by atoms with E-state index in [1.165, 1.54) is 0 Å². The van der Waals surface area contributed by atoms with Crippen LogP contribution in [0, 0.1) is 0 Å². The van der Waals surface area contributed by atoms with Crippen LogP contribution in [0.1, 0.15) is 37.4 Å². The quantitative estimate of drug-likeness (QED) is 0.382. The topological polar surface area (TPSA) is 89.0 Å². The summed E-state index contributed by atoms with van der Waals surface area (Å²) in [5.74, 6) is 0.474. The average molecular weight is 434 g/mol. The highest BCUT2D eigenvalue weighted by Crippen LogP contribution is 2.27. The molecule has 0 aliphatic rings. The molecule has 7 nitrogen and oxygen atoms in total. The lowest BCUT2D eigenvalue weighted by molar-refractivity contribution is -0.121. The van der Waals surface area contributed by atoms with E-state index in [9.17, 15) is 9.59 Å². The summed E-state index contributed by atoms with van der Waals surface area (Å²) in [5.41, 5.74) is 4.21. The zero-order valence-corrected chi connectivity index (χ0v) is 18.2. The molecule has 0 spiro atoms. The third kappa shape index (κ3) is 6.07. The van der Waals surface area contributed by atoms with E-state index in [4.69, 9.17) is 9.47 Å². The van der Waals surface area contributed by atoms with Gasteiger partial charge < -0.3 is 14.8 Å². The maximum Gasteiger partial charge on any atom is 0.407 e. The van der Waals surface area contributed by atoms with Crippen LogP contribution in [0.3, 0.4) is 0 Å². The van der Waals surface area contributed by atoms with Crippen LogP contribution in [0.4, 0.5) is 4.79 Å². The zero-order chi connectivity index (χ0) is 22.8. The van der Waals surface area contributed by atoms with E-state index < -0.39 is 12.1 Å². The lowest BCUT2D eigenvalue weighted by Gasteiger charge is -2.18. The Kier molecular flexibility index (Phi) is 8.20. The van der Waals surface area contributed by atoms with E-state index in [2.05, 4.69) is 15.8 Å². The molecule has 0 aliphatic heterocycles. The van der Waals surface area contributed by atoms with E-state index in [0.29, 0.717) is 6.61 Å². The van der Waals surface area contributed by atoms with Crippen LogP contribution < -0.4 is 15.5 Å². The highest BCUT2D eigenvalue weighted by atomic mass is 16.5. The van der Waals surface area contributed by atoms with Crippen molar-refractivity contribution in [3.05, 3.63) is 77.9 Å². The Morgan fingerprint density at radius 1 is 0.938 bits per heavy atom. The molecular weight excluding hydrogens is 406 g/mol. The van der Waals surface area contributed by atoms with Gasteiger partial charge in [0.2, 0.25) is 5.91 Å². The van der Waals surface area contributed by atoms with E-state index >= 15 is 0 Å². The fourth-order valence-corrected chi connectivity index (χ4v) is 3.35. The number of nitrogens with one attached hydrogen (secondary N) is 2. The molecule has 0 radical (unpaired) electrons. The van der Waals surface area contributed by atoms with E-state index in [1.807, 2.05) is 73.7 Å². The smallest absolute Gasteiger partial charge is 0.407 e. The fourth-order valence-electron chi connectivity index (χ4n) is 3.35. The fraction of sp³-hybridized carbons (Fsp3) is 0.240. The summed E-state index contributed by atoms with van der Waals surface area (Å²) in [6.07, 6.45) is 1.05. The van der Waals surface area contributed by atoms with Crippen LogP contribution in [-0.4, -0.2) is 31.4 Å². The first-order valence-corrected chi connectivity index (χ1v) is 10.6. The summed E-state index contributed by atoms with van der Waals surface area (Å²) in [5, 5.41) is 8.80. The number of benzene rings is 3. The largest absolute Gasteiger partial charge is 0.493 e. The number of amides is 2. The van der Waals surface area contributed by atoms with Gasteiger partial charge >= 0.3 is 6.09 Å². The molecule has 3 rings (SSSR count).